The van der Waals surface area contributed by atoms with Crippen molar-refractivity contribution in [1.29, 1.82) is 0 Å². The second-order valence-corrected chi connectivity index (χ2v) is 7.93. The standard InChI is InChI=1S/C27H23N5O/c1-19(33)16-20-8-7-11-22(17-20)26-30-27(29-18-23-12-5-6-14-28-23)25-24(13-15-32(25)31-26)21-9-3-2-4-10-21/h2-15,17H,16,18H2,1H3,(H,29,30,31). The first-order valence-corrected chi connectivity index (χ1v) is 10.8. The number of carbonyl (C=O) groups is 1. The van der Waals surface area contributed by atoms with E-state index in [-0.39, 0.29) is 5.78 Å². The highest BCUT2D eigenvalue weighted by Crippen LogP contribution is 2.31. The molecule has 1 N–H and O–H groups in total. The van der Waals surface area contributed by atoms with Gasteiger partial charge in [0.1, 0.15) is 11.3 Å². The number of hydrogen-bond acceptors (Lipinski definition) is 5. The van der Waals surface area contributed by atoms with Crippen molar-refractivity contribution in [2.24, 2.45) is 0 Å². The number of ketones is 1. The van der Waals surface area contributed by atoms with Crippen LogP contribution in [0.3, 0.4) is 0 Å². The van der Waals surface area contributed by atoms with Gasteiger partial charge in [0.15, 0.2) is 11.6 Å². The zero-order valence-corrected chi connectivity index (χ0v) is 18.3. The Morgan fingerprint density at radius 3 is 2.55 bits per heavy atom. The van der Waals surface area contributed by atoms with Crippen LogP contribution >= 0.6 is 0 Å². The summed E-state index contributed by atoms with van der Waals surface area (Å²) >= 11 is 0. The Morgan fingerprint density at radius 1 is 0.939 bits per heavy atom. The van der Waals surface area contributed by atoms with Crippen molar-refractivity contribution >= 4 is 17.1 Å². The molecule has 0 unspecified atom stereocenters. The Balaban J connectivity index is 1.61. The van der Waals surface area contributed by atoms with Crippen LogP contribution < -0.4 is 5.32 Å². The SMILES string of the molecule is CC(=O)Cc1cccc(-c2nc(NCc3ccccn3)c3c(-c4ccccc4)ccn3n2)c1. The summed E-state index contributed by atoms with van der Waals surface area (Å²) < 4.78 is 1.86. The minimum absolute atomic E-state index is 0.124. The quantitative estimate of drug-likeness (QED) is 0.382. The summed E-state index contributed by atoms with van der Waals surface area (Å²) in [5.74, 6) is 1.44. The van der Waals surface area contributed by atoms with Crippen molar-refractivity contribution < 1.29 is 4.79 Å². The summed E-state index contributed by atoms with van der Waals surface area (Å²) in [5.41, 5.74) is 5.79. The van der Waals surface area contributed by atoms with Gasteiger partial charge in [0.25, 0.3) is 0 Å². The van der Waals surface area contributed by atoms with Gasteiger partial charge in [-0.1, -0.05) is 54.6 Å². The maximum atomic E-state index is 11.6. The summed E-state index contributed by atoms with van der Waals surface area (Å²) in [7, 11) is 0. The van der Waals surface area contributed by atoms with Crippen molar-refractivity contribution in [3.05, 3.63) is 103 Å². The second-order valence-electron chi connectivity index (χ2n) is 7.93. The number of Topliss-reactive ketones (excluding diaryl/α,β-unsaturated/α-hetero) is 1. The molecule has 33 heavy (non-hydrogen) atoms. The van der Waals surface area contributed by atoms with Crippen LogP contribution in [-0.2, 0) is 17.8 Å². The van der Waals surface area contributed by atoms with Gasteiger partial charge in [0, 0.05) is 29.9 Å². The van der Waals surface area contributed by atoms with Gasteiger partial charge in [-0.25, -0.2) is 9.50 Å². The van der Waals surface area contributed by atoms with Crippen LogP contribution in [0.25, 0.3) is 28.0 Å². The van der Waals surface area contributed by atoms with Crippen LogP contribution in [0.4, 0.5) is 5.82 Å². The molecule has 0 aliphatic carbocycles. The zero-order chi connectivity index (χ0) is 22.6. The largest absolute Gasteiger partial charge is 0.363 e. The van der Waals surface area contributed by atoms with Gasteiger partial charge in [-0.05, 0) is 42.3 Å². The highest BCUT2D eigenvalue weighted by atomic mass is 16.1. The Labute approximate surface area is 192 Å². The smallest absolute Gasteiger partial charge is 0.182 e. The van der Waals surface area contributed by atoms with E-state index in [1.165, 1.54) is 0 Å². The highest BCUT2D eigenvalue weighted by molar-refractivity contribution is 5.89. The van der Waals surface area contributed by atoms with E-state index in [0.29, 0.717) is 18.8 Å². The van der Waals surface area contributed by atoms with Crippen molar-refractivity contribution in [2.45, 2.75) is 19.9 Å². The van der Waals surface area contributed by atoms with Crippen LogP contribution in [0.15, 0.2) is 91.3 Å². The van der Waals surface area contributed by atoms with E-state index in [0.717, 1.165) is 39.3 Å². The topological polar surface area (TPSA) is 72.2 Å². The predicted molar refractivity (Wildman–Crippen MR) is 130 cm³/mol. The van der Waals surface area contributed by atoms with Gasteiger partial charge in [-0.2, -0.15) is 0 Å². The van der Waals surface area contributed by atoms with E-state index in [9.17, 15) is 4.79 Å². The minimum atomic E-state index is 0.124. The lowest BCUT2D eigenvalue weighted by molar-refractivity contribution is -0.116. The van der Waals surface area contributed by atoms with E-state index < -0.39 is 0 Å². The molecule has 6 nitrogen and oxygen atoms in total. The molecule has 0 atom stereocenters. The monoisotopic (exact) mass is 433 g/mol. The van der Waals surface area contributed by atoms with Crippen molar-refractivity contribution in [3.63, 3.8) is 0 Å². The number of nitrogens with one attached hydrogen (secondary N) is 1. The first-order chi connectivity index (χ1) is 16.2. The number of hydrogen-bond donors (Lipinski definition) is 1. The molecule has 3 heterocycles. The lowest BCUT2D eigenvalue weighted by Crippen LogP contribution is -2.08. The summed E-state index contributed by atoms with van der Waals surface area (Å²) in [4.78, 5) is 20.9. The van der Waals surface area contributed by atoms with Gasteiger partial charge < -0.3 is 5.32 Å². The summed E-state index contributed by atoms with van der Waals surface area (Å²) in [6, 6.07) is 26.0. The van der Waals surface area contributed by atoms with Crippen molar-refractivity contribution in [1.82, 2.24) is 19.6 Å². The maximum absolute atomic E-state index is 11.6. The van der Waals surface area contributed by atoms with Gasteiger partial charge in [-0.15, -0.1) is 5.10 Å². The predicted octanol–water partition coefficient (Wildman–Crippen LogP) is 5.20. The second kappa shape index (κ2) is 9.04. The zero-order valence-electron chi connectivity index (χ0n) is 18.3. The van der Waals surface area contributed by atoms with Crippen LogP contribution in [0.1, 0.15) is 18.2 Å². The summed E-state index contributed by atoms with van der Waals surface area (Å²) in [6.07, 6.45) is 4.13. The first kappa shape index (κ1) is 20.6. The lowest BCUT2D eigenvalue weighted by atomic mass is 10.1. The molecular formula is C27H23N5O. The molecule has 0 aliphatic rings. The molecule has 0 radical (unpaired) electrons. The Bertz CT molecular complexity index is 1410. The molecule has 5 aromatic rings. The lowest BCUT2D eigenvalue weighted by Gasteiger charge is -2.12. The number of pyridine rings is 1. The normalized spacial score (nSPS) is 10.9. The Hall–Kier alpha value is -4.32. The molecule has 6 heteroatoms. The average Bonchev–Trinajstić information content (AvgIpc) is 3.28. The number of aromatic nitrogens is 4. The molecule has 0 fully saturated rings. The van der Waals surface area contributed by atoms with Crippen LogP contribution in [0, 0.1) is 0 Å². The van der Waals surface area contributed by atoms with Crippen LogP contribution in [0.2, 0.25) is 0 Å². The van der Waals surface area contributed by atoms with Gasteiger partial charge in [0.05, 0.1) is 12.2 Å². The molecule has 3 aromatic heterocycles. The third kappa shape index (κ3) is 4.50. The number of rotatable bonds is 7. The maximum Gasteiger partial charge on any atom is 0.182 e. The fraction of sp³-hybridized carbons (Fsp3) is 0.111. The van der Waals surface area contributed by atoms with E-state index in [4.69, 9.17) is 10.1 Å². The number of nitrogens with zero attached hydrogens (tertiary/aromatic N) is 4. The molecule has 162 valence electrons. The number of carbonyl (C=O) groups excluding carboxylic acids is 1. The number of fused-ring (bicyclic) bond motifs is 1. The number of benzene rings is 2. The summed E-state index contributed by atoms with van der Waals surface area (Å²) in [6.45, 7) is 2.14. The van der Waals surface area contributed by atoms with E-state index in [2.05, 4.69) is 28.5 Å². The molecule has 0 aliphatic heterocycles. The molecule has 0 saturated heterocycles. The van der Waals surface area contributed by atoms with Gasteiger partial charge in [0.2, 0.25) is 0 Å². The summed E-state index contributed by atoms with van der Waals surface area (Å²) in [5, 5.41) is 8.26. The van der Waals surface area contributed by atoms with E-state index in [1.807, 2.05) is 71.4 Å². The minimum Gasteiger partial charge on any atom is -0.363 e. The molecule has 0 bridgehead atoms. The van der Waals surface area contributed by atoms with Crippen molar-refractivity contribution in [3.8, 4) is 22.5 Å². The first-order valence-electron chi connectivity index (χ1n) is 10.8. The van der Waals surface area contributed by atoms with E-state index in [1.54, 1.807) is 13.1 Å². The number of anilines is 1. The average molecular weight is 434 g/mol. The Kier molecular flexibility index (Phi) is 5.64. The Morgan fingerprint density at radius 2 is 1.76 bits per heavy atom. The molecular weight excluding hydrogens is 410 g/mol. The van der Waals surface area contributed by atoms with Crippen molar-refractivity contribution in [2.75, 3.05) is 5.32 Å². The molecule has 0 saturated carbocycles. The molecule has 2 aromatic carbocycles. The van der Waals surface area contributed by atoms with Gasteiger partial charge in [-0.3, -0.25) is 9.78 Å². The molecule has 0 spiro atoms. The molecule has 5 rings (SSSR count). The fourth-order valence-electron chi connectivity index (χ4n) is 3.91. The van der Waals surface area contributed by atoms with E-state index >= 15 is 0 Å². The molecule has 0 amide bonds. The van der Waals surface area contributed by atoms with Gasteiger partial charge >= 0.3 is 0 Å². The third-order valence-electron chi connectivity index (χ3n) is 5.40. The van der Waals surface area contributed by atoms with Crippen LogP contribution in [0.5, 0.6) is 0 Å². The fourth-order valence-corrected chi connectivity index (χ4v) is 3.91. The highest BCUT2D eigenvalue weighted by Gasteiger charge is 2.15. The third-order valence-corrected chi connectivity index (χ3v) is 5.40. The van der Waals surface area contributed by atoms with Crippen LogP contribution in [-0.4, -0.2) is 25.4 Å².